The van der Waals surface area contributed by atoms with Crippen molar-refractivity contribution in [1.29, 1.82) is 0 Å². The van der Waals surface area contributed by atoms with Gasteiger partial charge in [-0.05, 0) is 112 Å². The predicted molar refractivity (Wildman–Crippen MR) is 135 cm³/mol. The smallest absolute Gasteiger partial charge is 0.166 e. The fourth-order valence-corrected chi connectivity index (χ4v) is 7.17. The van der Waals surface area contributed by atoms with Gasteiger partial charge in [0.1, 0.15) is 6.10 Å². The highest BCUT2D eigenvalue weighted by atomic mass is 19.2. The van der Waals surface area contributed by atoms with Crippen LogP contribution < -0.4 is 0 Å². The average molecular weight is 469 g/mol. The molecule has 2 saturated carbocycles. The van der Waals surface area contributed by atoms with Gasteiger partial charge in [0.15, 0.2) is 11.6 Å². The number of unbranched alkanes of at least 4 members (excludes halogenated alkanes) is 1. The van der Waals surface area contributed by atoms with Crippen LogP contribution in [0.15, 0.2) is 30.4 Å². The standard InChI is InChI=1S/C31H42F2O/c1-2-3-4-5-21-6-8-22(9-7-21)23-10-12-24(13-11-23)25-14-16-26(17-15-25)27-18-19-28(29-20-34-29)31(33)30(27)32/h4-5,16,18-19,21-25,29H,2-3,6-15,17,20H2,1H3/b5-4+. The second kappa shape index (κ2) is 11.1. The first-order valence-electron chi connectivity index (χ1n) is 14.1. The molecule has 0 spiro atoms. The summed E-state index contributed by atoms with van der Waals surface area (Å²) in [6.07, 6.45) is 23.6. The molecule has 1 nitrogen and oxygen atoms in total. The summed E-state index contributed by atoms with van der Waals surface area (Å²) in [5.41, 5.74) is 1.83. The fourth-order valence-electron chi connectivity index (χ4n) is 7.17. The molecule has 1 aliphatic heterocycles. The number of ether oxygens (including phenoxy) is 1. The molecule has 1 aromatic carbocycles. The minimum Gasteiger partial charge on any atom is -0.368 e. The topological polar surface area (TPSA) is 12.5 Å². The summed E-state index contributed by atoms with van der Waals surface area (Å²) in [7, 11) is 0. The van der Waals surface area contributed by atoms with Crippen molar-refractivity contribution < 1.29 is 13.5 Å². The molecular weight excluding hydrogens is 426 g/mol. The van der Waals surface area contributed by atoms with Crippen LogP contribution in [0.25, 0.3) is 5.57 Å². The quantitative estimate of drug-likeness (QED) is 0.287. The minimum absolute atomic E-state index is 0.249. The SMILES string of the molecule is CCC/C=C/C1CCC(C2CCC(C3CC=C(c4ccc(C5CO5)c(F)c4F)CC3)CC2)CC1. The highest BCUT2D eigenvalue weighted by molar-refractivity contribution is 5.67. The number of hydrogen-bond acceptors (Lipinski definition) is 1. The minimum atomic E-state index is -0.715. The highest BCUT2D eigenvalue weighted by Crippen LogP contribution is 2.46. The zero-order chi connectivity index (χ0) is 23.5. The summed E-state index contributed by atoms with van der Waals surface area (Å²) in [6, 6.07) is 3.48. The average Bonchev–Trinajstić information content (AvgIpc) is 3.72. The van der Waals surface area contributed by atoms with Crippen LogP contribution in [0.4, 0.5) is 8.78 Å². The van der Waals surface area contributed by atoms with Gasteiger partial charge in [-0.15, -0.1) is 0 Å². The number of rotatable bonds is 7. The third-order valence-electron chi connectivity index (χ3n) is 9.42. The maximum atomic E-state index is 14.7. The summed E-state index contributed by atoms with van der Waals surface area (Å²) in [4.78, 5) is 0. The first-order chi connectivity index (χ1) is 16.6. The highest BCUT2D eigenvalue weighted by Gasteiger charge is 2.34. The molecule has 1 aromatic rings. The lowest BCUT2D eigenvalue weighted by Gasteiger charge is -2.40. The zero-order valence-corrected chi connectivity index (χ0v) is 20.9. The van der Waals surface area contributed by atoms with Crippen LogP contribution in [0.5, 0.6) is 0 Å². The van der Waals surface area contributed by atoms with Crippen molar-refractivity contribution in [2.24, 2.45) is 29.6 Å². The Hall–Kier alpha value is -1.48. The van der Waals surface area contributed by atoms with Gasteiger partial charge in [-0.2, -0.15) is 0 Å². The normalized spacial score (nSPS) is 34.3. The number of epoxide rings is 1. The molecule has 1 heterocycles. The van der Waals surface area contributed by atoms with E-state index in [9.17, 15) is 8.78 Å². The number of halogens is 2. The molecule has 0 aromatic heterocycles. The Bertz CT molecular complexity index is 883. The summed E-state index contributed by atoms with van der Waals surface area (Å²) in [6.45, 7) is 2.75. The molecule has 0 N–H and O–H groups in total. The molecule has 1 saturated heterocycles. The van der Waals surface area contributed by atoms with Gasteiger partial charge in [-0.25, -0.2) is 8.78 Å². The summed E-state index contributed by atoms with van der Waals surface area (Å²) in [5, 5.41) is 0. The lowest BCUT2D eigenvalue weighted by Crippen LogP contribution is -2.28. The van der Waals surface area contributed by atoms with Gasteiger partial charge in [-0.3, -0.25) is 0 Å². The fraction of sp³-hybridized carbons (Fsp3) is 0.677. The van der Waals surface area contributed by atoms with Crippen molar-refractivity contribution in [3.63, 3.8) is 0 Å². The number of benzene rings is 1. The molecular formula is C31H42F2O. The first-order valence-corrected chi connectivity index (χ1v) is 14.1. The Morgan fingerprint density at radius 1 is 0.853 bits per heavy atom. The summed E-state index contributed by atoms with van der Waals surface area (Å²) in [5.74, 6) is 2.86. The largest absolute Gasteiger partial charge is 0.368 e. The molecule has 4 aliphatic rings. The monoisotopic (exact) mass is 468 g/mol. The summed E-state index contributed by atoms with van der Waals surface area (Å²) >= 11 is 0. The lowest BCUT2D eigenvalue weighted by atomic mass is 9.66. The third kappa shape index (κ3) is 5.50. The van der Waals surface area contributed by atoms with Crippen LogP contribution >= 0.6 is 0 Å². The van der Waals surface area contributed by atoms with Crippen LogP contribution in [0.1, 0.15) is 108 Å². The molecule has 3 fully saturated rings. The molecule has 0 radical (unpaired) electrons. The van der Waals surface area contributed by atoms with Crippen molar-refractivity contribution in [1.82, 2.24) is 0 Å². The molecule has 34 heavy (non-hydrogen) atoms. The van der Waals surface area contributed by atoms with E-state index in [2.05, 4.69) is 25.2 Å². The second-order valence-corrected chi connectivity index (χ2v) is 11.5. The van der Waals surface area contributed by atoms with E-state index < -0.39 is 11.6 Å². The number of hydrogen-bond donors (Lipinski definition) is 0. The molecule has 0 amide bonds. The van der Waals surface area contributed by atoms with Crippen LogP contribution in [0, 0.1) is 41.2 Å². The van der Waals surface area contributed by atoms with Crippen molar-refractivity contribution in [3.05, 3.63) is 53.1 Å². The summed E-state index contributed by atoms with van der Waals surface area (Å²) < 4.78 is 34.3. The number of allylic oxidation sites excluding steroid dienone is 4. The van der Waals surface area contributed by atoms with Crippen molar-refractivity contribution in [2.45, 2.75) is 96.5 Å². The predicted octanol–water partition coefficient (Wildman–Crippen LogP) is 9.19. The molecule has 2 atom stereocenters. The maximum absolute atomic E-state index is 14.7. The van der Waals surface area contributed by atoms with Crippen LogP contribution in [0.3, 0.4) is 0 Å². The molecule has 5 rings (SSSR count). The van der Waals surface area contributed by atoms with E-state index in [-0.39, 0.29) is 6.10 Å². The maximum Gasteiger partial charge on any atom is 0.166 e. The van der Waals surface area contributed by atoms with Gasteiger partial charge in [-0.1, -0.05) is 43.7 Å². The van der Waals surface area contributed by atoms with Gasteiger partial charge in [0, 0.05) is 11.1 Å². The van der Waals surface area contributed by atoms with Crippen molar-refractivity contribution in [3.8, 4) is 0 Å². The lowest BCUT2D eigenvalue weighted by molar-refractivity contribution is 0.128. The molecule has 186 valence electrons. The Morgan fingerprint density at radius 3 is 2.09 bits per heavy atom. The van der Waals surface area contributed by atoms with Gasteiger partial charge < -0.3 is 4.74 Å². The van der Waals surface area contributed by atoms with Gasteiger partial charge in [0.2, 0.25) is 0 Å². The van der Waals surface area contributed by atoms with E-state index in [4.69, 9.17) is 4.74 Å². The Morgan fingerprint density at radius 2 is 1.50 bits per heavy atom. The first kappa shape index (κ1) is 24.2. The van der Waals surface area contributed by atoms with Gasteiger partial charge in [0.25, 0.3) is 0 Å². The van der Waals surface area contributed by atoms with E-state index in [0.29, 0.717) is 17.7 Å². The van der Waals surface area contributed by atoms with Gasteiger partial charge in [0.05, 0.1) is 6.61 Å². The van der Waals surface area contributed by atoms with Crippen LogP contribution in [-0.4, -0.2) is 6.61 Å². The van der Waals surface area contributed by atoms with Crippen LogP contribution in [0.2, 0.25) is 0 Å². The molecule has 3 aliphatic carbocycles. The Balaban J connectivity index is 1.10. The Kier molecular flexibility index (Phi) is 7.88. The van der Waals surface area contributed by atoms with E-state index in [1.54, 1.807) is 12.1 Å². The molecule has 2 unspecified atom stereocenters. The third-order valence-corrected chi connectivity index (χ3v) is 9.42. The van der Waals surface area contributed by atoms with E-state index in [1.165, 1.54) is 64.2 Å². The second-order valence-electron chi connectivity index (χ2n) is 11.5. The van der Waals surface area contributed by atoms with E-state index in [0.717, 1.165) is 54.4 Å². The van der Waals surface area contributed by atoms with E-state index >= 15 is 0 Å². The van der Waals surface area contributed by atoms with Gasteiger partial charge >= 0.3 is 0 Å². The van der Waals surface area contributed by atoms with E-state index in [1.807, 2.05) is 0 Å². The Labute approximate surface area is 205 Å². The van der Waals surface area contributed by atoms with Crippen LogP contribution in [-0.2, 0) is 4.74 Å². The molecule has 0 bridgehead atoms. The zero-order valence-electron chi connectivity index (χ0n) is 20.9. The molecule has 3 heteroatoms. The van der Waals surface area contributed by atoms with Crippen molar-refractivity contribution >= 4 is 5.57 Å². The van der Waals surface area contributed by atoms with Crippen molar-refractivity contribution in [2.75, 3.05) is 6.61 Å².